The normalized spacial score (nSPS) is 50.0. The molecule has 0 spiro atoms. The van der Waals surface area contributed by atoms with Crippen LogP contribution in [0.25, 0.3) is 0 Å². The van der Waals surface area contributed by atoms with E-state index in [1.54, 1.807) is 0 Å². The number of nitrogens with two attached hydrogens (primary N) is 3. The third-order valence-electron chi connectivity index (χ3n) is 4.73. The van der Waals surface area contributed by atoms with E-state index in [1.165, 1.54) is 0 Å². The lowest BCUT2D eigenvalue weighted by Gasteiger charge is -2.46. The van der Waals surface area contributed by atoms with E-state index in [9.17, 15) is 20.4 Å². The average Bonchev–Trinajstić information content (AvgIpc) is 2.55. The lowest BCUT2D eigenvalue weighted by atomic mass is 9.84. The summed E-state index contributed by atoms with van der Waals surface area (Å²) >= 11 is 0. The minimum atomic E-state index is -1.30. The van der Waals surface area contributed by atoms with E-state index >= 15 is 0 Å². The van der Waals surface area contributed by atoms with Crippen molar-refractivity contribution in [2.24, 2.45) is 17.2 Å². The van der Waals surface area contributed by atoms with Gasteiger partial charge < -0.3 is 52.4 Å². The van der Waals surface area contributed by atoms with Gasteiger partial charge in [-0.05, 0) is 13.0 Å². The van der Waals surface area contributed by atoms with Gasteiger partial charge in [0.05, 0.1) is 12.1 Å². The molecular formula is C14H30N4O6. The zero-order valence-electron chi connectivity index (χ0n) is 13.7. The smallest absolute Gasteiger partial charge is 0.176 e. The summed E-state index contributed by atoms with van der Waals surface area (Å²) in [6, 6.07) is -2.29. The van der Waals surface area contributed by atoms with Gasteiger partial charge in [0.1, 0.15) is 30.5 Å². The zero-order chi connectivity index (χ0) is 18.0. The van der Waals surface area contributed by atoms with Gasteiger partial charge in [-0.2, -0.15) is 0 Å². The Balaban J connectivity index is 2.06. The maximum absolute atomic E-state index is 10.2. The number of nitrogens with one attached hydrogen (secondary N) is 1. The summed E-state index contributed by atoms with van der Waals surface area (Å²) in [6.45, 7) is 2.86. The summed E-state index contributed by atoms with van der Waals surface area (Å²) in [6.07, 6.45) is -7.39. The molecule has 0 bridgehead atoms. The van der Waals surface area contributed by atoms with Gasteiger partial charge in [0, 0.05) is 18.6 Å². The molecule has 10 unspecified atom stereocenters. The summed E-state index contributed by atoms with van der Waals surface area (Å²) in [7, 11) is 0. The molecule has 0 amide bonds. The lowest BCUT2D eigenvalue weighted by Crippen LogP contribution is -2.67. The summed E-state index contributed by atoms with van der Waals surface area (Å²) in [5.41, 5.74) is 17.6. The molecule has 0 aromatic carbocycles. The molecule has 10 atom stereocenters. The molecule has 0 aromatic heterocycles. The molecule has 1 heterocycles. The fourth-order valence-electron chi connectivity index (χ4n) is 3.16. The monoisotopic (exact) mass is 350 g/mol. The van der Waals surface area contributed by atoms with E-state index in [-0.39, 0.29) is 6.42 Å². The van der Waals surface area contributed by atoms with Gasteiger partial charge in [0.25, 0.3) is 0 Å². The number of ether oxygens (including phenoxy) is 2. The van der Waals surface area contributed by atoms with Crippen molar-refractivity contribution in [2.45, 2.75) is 74.4 Å². The van der Waals surface area contributed by atoms with Crippen molar-refractivity contribution < 1.29 is 29.9 Å². The summed E-state index contributed by atoms with van der Waals surface area (Å²) in [4.78, 5) is 0. The van der Waals surface area contributed by atoms with Gasteiger partial charge >= 0.3 is 0 Å². The molecule has 10 nitrogen and oxygen atoms in total. The standard InChI is InChI=1S/C14H30N4O6/c1-2-18-4-7-10(20)11(21)8(17)14(23-7)24-13-6(16)3-5(15)9(19)12(13)22/h5-14,18-22H,2-4,15-17H2,1H3. The fourth-order valence-corrected chi connectivity index (χ4v) is 3.16. The first-order valence-electron chi connectivity index (χ1n) is 8.28. The van der Waals surface area contributed by atoms with E-state index in [1.807, 2.05) is 6.92 Å². The quantitative estimate of drug-likeness (QED) is 0.240. The molecular weight excluding hydrogens is 320 g/mol. The second-order valence-electron chi connectivity index (χ2n) is 6.55. The van der Waals surface area contributed by atoms with Crippen LogP contribution in [0.3, 0.4) is 0 Å². The van der Waals surface area contributed by atoms with Gasteiger partial charge in [-0.25, -0.2) is 0 Å². The Hall–Kier alpha value is -0.400. The molecule has 10 heteroatoms. The zero-order valence-corrected chi connectivity index (χ0v) is 13.7. The third-order valence-corrected chi connectivity index (χ3v) is 4.73. The fraction of sp³-hybridized carbons (Fsp3) is 1.00. The predicted octanol–water partition coefficient (Wildman–Crippen LogP) is -4.46. The van der Waals surface area contributed by atoms with Gasteiger partial charge in [-0.15, -0.1) is 0 Å². The van der Waals surface area contributed by atoms with Crippen molar-refractivity contribution in [3.8, 4) is 0 Å². The number of likely N-dealkylation sites (N-methyl/N-ethyl adjacent to an activating group) is 1. The third kappa shape index (κ3) is 4.05. The second-order valence-corrected chi connectivity index (χ2v) is 6.55. The minimum Gasteiger partial charge on any atom is -0.389 e. The molecule has 1 saturated heterocycles. The van der Waals surface area contributed by atoms with E-state index in [0.717, 1.165) is 0 Å². The molecule has 2 aliphatic rings. The number of rotatable bonds is 5. The van der Waals surface area contributed by atoms with Gasteiger partial charge in [-0.3, -0.25) is 0 Å². The topological polar surface area (TPSA) is 189 Å². The predicted molar refractivity (Wildman–Crippen MR) is 84.6 cm³/mol. The molecule has 24 heavy (non-hydrogen) atoms. The Kier molecular flexibility index (Phi) is 6.90. The van der Waals surface area contributed by atoms with Crippen LogP contribution in [0.4, 0.5) is 0 Å². The van der Waals surface area contributed by atoms with E-state index in [4.69, 9.17) is 26.7 Å². The molecule has 2 rings (SSSR count). The van der Waals surface area contributed by atoms with Crippen LogP contribution in [-0.2, 0) is 9.47 Å². The van der Waals surface area contributed by atoms with Crippen molar-refractivity contribution in [3.63, 3.8) is 0 Å². The Morgan fingerprint density at radius 2 is 1.67 bits per heavy atom. The summed E-state index contributed by atoms with van der Waals surface area (Å²) < 4.78 is 11.3. The van der Waals surface area contributed by atoms with Crippen LogP contribution in [0.2, 0.25) is 0 Å². The van der Waals surface area contributed by atoms with Crippen LogP contribution in [-0.4, -0.2) is 94.6 Å². The van der Waals surface area contributed by atoms with Crippen LogP contribution in [0, 0.1) is 0 Å². The first-order valence-corrected chi connectivity index (χ1v) is 8.28. The van der Waals surface area contributed by atoms with E-state index in [0.29, 0.717) is 13.1 Å². The minimum absolute atomic E-state index is 0.261. The highest BCUT2D eigenvalue weighted by molar-refractivity contribution is 4.99. The highest BCUT2D eigenvalue weighted by atomic mass is 16.7. The van der Waals surface area contributed by atoms with E-state index in [2.05, 4.69) is 5.32 Å². The average molecular weight is 350 g/mol. The van der Waals surface area contributed by atoms with Gasteiger partial charge in [0.2, 0.25) is 0 Å². The molecule has 142 valence electrons. The maximum atomic E-state index is 10.2. The molecule has 11 N–H and O–H groups in total. The van der Waals surface area contributed by atoms with Crippen molar-refractivity contribution in [1.29, 1.82) is 0 Å². The number of aliphatic hydroxyl groups is 4. The van der Waals surface area contributed by atoms with Gasteiger partial charge in [-0.1, -0.05) is 6.92 Å². The Labute approximate surface area is 140 Å². The van der Waals surface area contributed by atoms with Crippen LogP contribution >= 0.6 is 0 Å². The lowest BCUT2D eigenvalue weighted by molar-refractivity contribution is -0.288. The number of hydrogen-bond donors (Lipinski definition) is 8. The number of aliphatic hydroxyl groups excluding tert-OH is 4. The molecule has 2 fully saturated rings. The van der Waals surface area contributed by atoms with Gasteiger partial charge in [0.15, 0.2) is 6.29 Å². The first kappa shape index (κ1) is 19.9. The van der Waals surface area contributed by atoms with E-state index < -0.39 is 61.0 Å². The first-order chi connectivity index (χ1) is 11.3. The Morgan fingerprint density at radius 1 is 1.00 bits per heavy atom. The largest absolute Gasteiger partial charge is 0.389 e. The highest BCUT2D eigenvalue weighted by Crippen LogP contribution is 2.27. The highest BCUT2D eigenvalue weighted by Gasteiger charge is 2.47. The second kappa shape index (κ2) is 8.32. The number of hydrogen-bond acceptors (Lipinski definition) is 10. The van der Waals surface area contributed by atoms with Crippen LogP contribution in [0.15, 0.2) is 0 Å². The molecule has 1 aliphatic carbocycles. The molecule has 0 radical (unpaired) electrons. The summed E-state index contributed by atoms with van der Waals surface area (Å²) in [5.74, 6) is 0. The molecule has 1 saturated carbocycles. The van der Waals surface area contributed by atoms with Crippen molar-refractivity contribution >= 4 is 0 Å². The Morgan fingerprint density at radius 3 is 2.29 bits per heavy atom. The van der Waals surface area contributed by atoms with Crippen molar-refractivity contribution in [3.05, 3.63) is 0 Å². The summed E-state index contributed by atoms with van der Waals surface area (Å²) in [5, 5.41) is 43.3. The SMILES string of the molecule is CCNCC1OC(OC2C(N)CC(N)C(O)C2O)C(N)C(O)C1O. The van der Waals surface area contributed by atoms with Crippen LogP contribution < -0.4 is 22.5 Å². The van der Waals surface area contributed by atoms with Crippen LogP contribution in [0.5, 0.6) is 0 Å². The maximum Gasteiger partial charge on any atom is 0.176 e. The van der Waals surface area contributed by atoms with Crippen LogP contribution in [0.1, 0.15) is 13.3 Å². The Bertz CT molecular complexity index is 405. The van der Waals surface area contributed by atoms with Crippen molar-refractivity contribution in [1.82, 2.24) is 5.32 Å². The molecule has 1 aliphatic heterocycles. The molecule has 0 aromatic rings. The van der Waals surface area contributed by atoms with Crippen molar-refractivity contribution in [2.75, 3.05) is 13.1 Å².